The van der Waals surface area contributed by atoms with Crippen molar-refractivity contribution in [2.75, 3.05) is 6.54 Å². The summed E-state index contributed by atoms with van der Waals surface area (Å²) in [7, 11) is 0. The fourth-order valence-corrected chi connectivity index (χ4v) is 2.84. The van der Waals surface area contributed by atoms with Gasteiger partial charge in [-0.25, -0.2) is 0 Å². The van der Waals surface area contributed by atoms with Gasteiger partial charge >= 0.3 is 0 Å². The van der Waals surface area contributed by atoms with Gasteiger partial charge in [-0.1, -0.05) is 65.3 Å². The molecule has 0 radical (unpaired) electrons. The highest BCUT2D eigenvalue weighted by Gasteiger charge is 2.10. The Hall–Kier alpha value is -1.12. The lowest BCUT2D eigenvalue weighted by Gasteiger charge is -2.19. The van der Waals surface area contributed by atoms with Crippen LogP contribution in [0.15, 0.2) is 59.1 Å². The third-order valence-electron chi connectivity index (χ3n) is 3.45. The van der Waals surface area contributed by atoms with Crippen LogP contribution in [0.5, 0.6) is 0 Å². The first-order valence-corrected chi connectivity index (χ1v) is 8.11. The van der Waals surface area contributed by atoms with Crippen LogP contribution in [-0.4, -0.2) is 6.54 Å². The molecule has 0 heterocycles. The first kappa shape index (κ1) is 15.3. The summed E-state index contributed by atoms with van der Waals surface area (Å²) in [6, 6.07) is 19.8. The maximum Gasteiger partial charge on any atom is 0.0323 e. The van der Waals surface area contributed by atoms with E-state index in [0.29, 0.717) is 6.04 Å². The van der Waals surface area contributed by atoms with E-state index in [-0.39, 0.29) is 0 Å². The molecule has 1 nitrogen and oxygen atoms in total. The van der Waals surface area contributed by atoms with Crippen molar-refractivity contribution in [2.24, 2.45) is 0 Å². The van der Waals surface area contributed by atoms with Gasteiger partial charge in [0.2, 0.25) is 0 Å². The van der Waals surface area contributed by atoms with Gasteiger partial charge in [0.25, 0.3) is 0 Å². The maximum absolute atomic E-state index is 3.66. The minimum absolute atomic E-state index is 0.440. The molecule has 20 heavy (non-hydrogen) atoms. The smallest absolute Gasteiger partial charge is 0.0323 e. The Morgan fingerprint density at radius 2 is 1.85 bits per heavy atom. The molecular formula is C18H22BrN. The molecule has 0 aliphatic heterocycles. The molecule has 2 aromatic carbocycles. The average molecular weight is 332 g/mol. The first-order valence-electron chi connectivity index (χ1n) is 7.32. The van der Waals surface area contributed by atoms with Gasteiger partial charge in [0.15, 0.2) is 0 Å². The van der Waals surface area contributed by atoms with Crippen LogP contribution in [0.25, 0.3) is 0 Å². The Labute approximate surface area is 130 Å². The highest BCUT2D eigenvalue weighted by Crippen LogP contribution is 2.20. The molecule has 0 spiro atoms. The third kappa shape index (κ3) is 4.77. The zero-order valence-corrected chi connectivity index (χ0v) is 13.6. The Kier molecular flexibility index (Phi) is 6.28. The van der Waals surface area contributed by atoms with Crippen molar-refractivity contribution in [3.63, 3.8) is 0 Å². The van der Waals surface area contributed by atoms with Crippen LogP contribution in [0.2, 0.25) is 0 Å². The second kappa shape index (κ2) is 8.23. The summed E-state index contributed by atoms with van der Waals surface area (Å²) in [4.78, 5) is 0. The fraction of sp³-hybridized carbons (Fsp3) is 0.333. The minimum atomic E-state index is 0.440. The Morgan fingerprint density at radius 3 is 2.55 bits per heavy atom. The zero-order valence-electron chi connectivity index (χ0n) is 12.0. The largest absolute Gasteiger partial charge is 0.310 e. The molecule has 1 atom stereocenters. The Balaban J connectivity index is 2.01. The molecule has 2 aromatic rings. The Morgan fingerprint density at radius 1 is 1.05 bits per heavy atom. The van der Waals surface area contributed by atoms with Crippen LogP contribution < -0.4 is 5.32 Å². The zero-order chi connectivity index (χ0) is 14.2. The van der Waals surface area contributed by atoms with E-state index in [0.717, 1.165) is 23.9 Å². The van der Waals surface area contributed by atoms with E-state index in [1.165, 1.54) is 17.5 Å². The maximum atomic E-state index is 3.66. The topological polar surface area (TPSA) is 12.0 Å². The number of hydrogen-bond donors (Lipinski definition) is 1. The monoisotopic (exact) mass is 331 g/mol. The van der Waals surface area contributed by atoms with E-state index in [9.17, 15) is 0 Å². The summed E-state index contributed by atoms with van der Waals surface area (Å²) in [6.07, 6.45) is 3.39. The summed E-state index contributed by atoms with van der Waals surface area (Å²) in [6.45, 7) is 3.28. The van der Waals surface area contributed by atoms with E-state index in [1.54, 1.807) is 0 Å². The van der Waals surface area contributed by atoms with Crippen molar-refractivity contribution in [2.45, 2.75) is 32.2 Å². The molecule has 0 aliphatic carbocycles. The molecule has 0 fully saturated rings. The van der Waals surface area contributed by atoms with E-state index in [2.05, 4.69) is 82.8 Å². The van der Waals surface area contributed by atoms with Gasteiger partial charge in [-0.05, 0) is 49.1 Å². The second-order valence-electron chi connectivity index (χ2n) is 5.09. The summed E-state index contributed by atoms with van der Waals surface area (Å²) in [5.74, 6) is 0. The highest BCUT2D eigenvalue weighted by molar-refractivity contribution is 9.10. The van der Waals surface area contributed by atoms with Crippen molar-refractivity contribution in [1.82, 2.24) is 5.32 Å². The lowest BCUT2D eigenvalue weighted by molar-refractivity contribution is 0.499. The molecule has 2 rings (SSSR count). The third-order valence-corrected chi connectivity index (χ3v) is 3.95. The van der Waals surface area contributed by atoms with Crippen LogP contribution in [0, 0.1) is 0 Å². The van der Waals surface area contributed by atoms with E-state index < -0.39 is 0 Å². The molecule has 0 saturated heterocycles. The van der Waals surface area contributed by atoms with Crippen LogP contribution in [0.1, 0.15) is 36.9 Å². The Bertz CT molecular complexity index is 510. The van der Waals surface area contributed by atoms with Gasteiger partial charge in [-0.3, -0.25) is 0 Å². The van der Waals surface area contributed by atoms with Crippen molar-refractivity contribution in [3.05, 3.63) is 70.2 Å². The molecule has 1 N–H and O–H groups in total. The number of rotatable bonds is 7. The van der Waals surface area contributed by atoms with Crippen LogP contribution in [0.3, 0.4) is 0 Å². The van der Waals surface area contributed by atoms with Crippen LogP contribution in [-0.2, 0) is 6.42 Å². The molecule has 0 saturated carbocycles. The van der Waals surface area contributed by atoms with E-state index >= 15 is 0 Å². The SMILES string of the molecule is CCCNC(CCc1cccc(Br)c1)c1ccccc1. The van der Waals surface area contributed by atoms with Crippen molar-refractivity contribution in [1.29, 1.82) is 0 Å². The van der Waals surface area contributed by atoms with Crippen molar-refractivity contribution >= 4 is 15.9 Å². The lowest BCUT2D eigenvalue weighted by atomic mass is 9.99. The summed E-state index contributed by atoms with van der Waals surface area (Å²) in [5.41, 5.74) is 2.77. The lowest BCUT2D eigenvalue weighted by Crippen LogP contribution is -2.22. The van der Waals surface area contributed by atoms with Gasteiger partial charge in [0.05, 0.1) is 0 Å². The average Bonchev–Trinajstić information content (AvgIpc) is 2.48. The number of aryl methyl sites for hydroxylation is 1. The summed E-state index contributed by atoms with van der Waals surface area (Å²) < 4.78 is 1.16. The van der Waals surface area contributed by atoms with Crippen LogP contribution >= 0.6 is 15.9 Å². The molecule has 0 aliphatic rings. The van der Waals surface area contributed by atoms with Gasteiger partial charge in [-0.2, -0.15) is 0 Å². The molecule has 2 heteroatoms. The number of benzene rings is 2. The quantitative estimate of drug-likeness (QED) is 0.742. The van der Waals surface area contributed by atoms with Gasteiger partial charge in [0.1, 0.15) is 0 Å². The highest BCUT2D eigenvalue weighted by atomic mass is 79.9. The molecule has 0 amide bonds. The molecule has 1 unspecified atom stereocenters. The second-order valence-corrected chi connectivity index (χ2v) is 6.00. The van der Waals surface area contributed by atoms with E-state index in [1.807, 2.05) is 0 Å². The van der Waals surface area contributed by atoms with Crippen LogP contribution in [0.4, 0.5) is 0 Å². The molecule has 0 aromatic heterocycles. The molecular weight excluding hydrogens is 310 g/mol. The predicted octanol–water partition coefficient (Wildman–Crippen LogP) is 5.12. The number of nitrogens with one attached hydrogen (secondary N) is 1. The standard InChI is InChI=1S/C18H22BrN/c1-2-13-20-18(16-8-4-3-5-9-16)12-11-15-7-6-10-17(19)14-15/h3-10,14,18,20H,2,11-13H2,1H3. The summed E-state index contributed by atoms with van der Waals surface area (Å²) >= 11 is 3.54. The van der Waals surface area contributed by atoms with Crippen molar-refractivity contribution < 1.29 is 0 Å². The minimum Gasteiger partial charge on any atom is -0.310 e. The number of halogens is 1. The molecule has 0 bridgehead atoms. The van der Waals surface area contributed by atoms with Gasteiger partial charge < -0.3 is 5.32 Å². The van der Waals surface area contributed by atoms with Gasteiger partial charge in [0, 0.05) is 10.5 Å². The van der Waals surface area contributed by atoms with Gasteiger partial charge in [-0.15, -0.1) is 0 Å². The predicted molar refractivity (Wildman–Crippen MR) is 89.9 cm³/mol. The van der Waals surface area contributed by atoms with E-state index in [4.69, 9.17) is 0 Å². The summed E-state index contributed by atoms with van der Waals surface area (Å²) in [5, 5.41) is 3.66. The number of hydrogen-bond acceptors (Lipinski definition) is 1. The molecule has 106 valence electrons. The first-order chi connectivity index (χ1) is 9.79. The normalized spacial score (nSPS) is 12.3. The van der Waals surface area contributed by atoms with Crippen molar-refractivity contribution in [3.8, 4) is 0 Å². The fourth-order valence-electron chi connectivity index (χ4n) is 2.39.